The molecule has 2 nitrogen and oxygen atoms in total. The van der Waals surface area contributed by atoms with Crippen molar-refractivity contribution in [3.05, 3.63) is 15.5 Å². The van der Waals surface area contributed by atoms with E-state index in [4.69, 9.17) is 11.6 Å². The molecule has 1 rings (SSSR count). The van der Waals surface area contributed by atoms with Crippen LogP contribution in [0.3, 0.4) is 0 Å². The van der Waals surface area contributed by atoms with Crippen LogP contribution >= 0.6 is 34.7 Å². The Kier molecular flexibility index (Phi) is 6.60. The van der Waals surface area contributed by atoms with Crippen LogP contribution in [0.1, 0.15) is 17.8 Å². The van der Waals surface area contributed by atoms with E-state index in [9.17, 15) is 0 Å². The fourth-order valence-corrected chi connectivity index (χ4v) is 2.48. The van der Waals surface area contributed by atoms with Gasteiger partial charge in [0.1, 0.15) is 9.34 Å². The van der Waals surface area contributed by atoms with Crippen molar-refractivity contribution in [3.8, 4) is 0 Å². The normalized spacial score (nSPS) is 10.7. The quantitative estimate of drug-likeness (QED) is 0.753. The summed E-state index contributed by atoms with van der Waals surface area (Å²) in [6.45, 7) is 1.91. The summed E-state index contributed by atoms with van der Waals surface area (Å²) in [5.41, 5.74) is 0. The Morgan fingerprint density at radius 3 is 3.07 bits per heavy atom. The topological polar surface area (TPSA) is 24.9 Å². The highest BCUT2D eigenvalue weighted by Gasteiger charge is 1.98. The number of nitrogens with zero attached hydrogens (tertiary/aromatic N) is 1. The zero-order valence-electron chi connectivity index (χ0n) is 8.25. The Morgan fingerprint density at radius 2 is 2.43 bits per heavy atom. The van der Waals surface area contributed by atoms with Crippen LogP contribution in [0, 0.1) is 0 Å². The molecule has 1 N–H and O–H groups in total. The molecule has 0 aliphatic rings. The van der Waals surface area contributed by atoms with Gasteiger partial charge in [-0.15, -0.1) is 11.3 Å². The van der Waals surface area contributed by atoms with E-state index < -0.39 is 0 Å². The van der Waals surface area contributed by atoms with E-state index in [0.29, 0.717) is 0 Å². The lowest BCUT2D eigenvalue weighted by Crippen LogP contribution is -2.14. The van der Waals surface area contributed by atoms with Crippen molar-refractivity contribution in [1.82, 2.24) is 10.3 Å². The van der Waals surface area contributed by atoms with E-state index in [1.54, 1.807) is 17.5 Å². The Hall–Kier alpha value is 0.230. The number of thioether (sulfide) groups is 1. The molecule has 0 aromatic carbocycles. The van der Waals surface area contributed by atoms with Gasteiger partial charge in [-0.25, -0.2) is 4.98 Å². The van der Waals surface area contributed by atoms with Crippen molar-refractivity contribution in [1.29, 1.82) is 0 Å². The minimum absolute atomic E-state index is 0.768. The molecule has 0 aliphatic heterocycles. The predicted octanol–water partition coefficient (Wildman–Crippen LogP) is 3.03. The molecule has 0 saturated carbocycles. The maximum absolute atomic E-state index is 5.77. The lowest BCUT2D eigenvalue weighted by atomic mass is 10.3. The first-order valence-corrected chi connectivity index (χ1v) is 7.21. The molecular formula is C9H15ClN2S2. The van der Waals surface area contributed by atoms with Crippen molar-refractivity contribution in [2.75, 3.05) is 18.6 Å². The predicted molar refractivity (Wildman–Crippen MR) is 66.4 cm³/mol. The van der Waals surface area contributed by atoms with Gasteiger partial charge >= 0.3 is 0 Å². The van der Waals surface area contributed by atoms with Crippen LogP contribution < -0.4 is 5.32 Å². The van der Waals surface area contributed by atoms with Gasteiger partial charge in [0.05, 0.1) is 6.20 Å². The van der Waals surface area contributed by atoms with Crippen LogP contribution in [0.25, 0.3) is 0 Å². The van der Waals surface area contributed by atoms with Gasteiger partial charge in [0, 0.05) is 6.54 Å². The summed E-state index contributed by atoms with van der Waals surface area (Å²) in [5, 5.41) is 4.42. The van der Waals surface area contributed by atoms with Crippen LogP contribution in [0.5, 0.6) is 0 Å². The SMILES string of the molecule is CSCCCCNCc1ncc(Cl)s1. The van der Waals surface area contributed by atoms with Crippen LogP contribution in [0.4, 0.5) is 0 Å². The summed E-state index contributed by atoms with van der Waals surface area (Å²) < 4.78 is 0.768. The summed E-state index contributed by atoms with van der Waals surface area (Å²) in [4.78, 5) is 4.17. The molecule has 0 radical (unpaired) electrons. The molecule has 1 aromatic heterocycles. The summed E-state index contributed by atoms with van der Waals surface area (Å²) in [5.74, 6) is 1.25. The average molecular weight is 251 g/mol. The van der Waals surface area contributed by atoms with Crippen molar-refractivity contribution in [2.24, 2.45) is 0 Å². The number of halogens is 1. The molecule has 0 spiro atoms. The standard InChI is InChI=1S/C9H15ClN2S2/c1-13-5-3-2-4-11-7-9-12-6-8(10)14-9/h6,11H,2-5,7H2,1H3. The Balaban J connectivity index is 1.99. The van der Waals surface area contributed by atoms with E-state index in [-0.39, 0.29) is 0 Å². The van der Waals surface area contributed by atoms with Crippen LogP contribution in [-0.2, 0) is 6.54 Å². The number of hydrogen-bond acceptors (Lipinski definition) is 4. The van der Waals surface area contributed by atoms with Crippen molar-refractivity contribution >= 4 is 34.7 Å². The van der Waals surface area contributed by atoms with Gasteiger partial charge in [0.15, 0.2) is 0 Å². The smallest absolute Gasteiger partial charge is 0.113 e. The fourth-order valence-electron chi connectivity index (χ4n) is 1.06. The third kappa shape index (κ3) is 5.20. The second-order valence-electron chi connectivity index (χ2n) is 2.93. The molecule has 1 heterocycles. The third-order valence-corrected chi connectivity index (χ3v) is 3.57. The minimum atomic E-state index is 0.768. The van der Waals surface area contributed by atoms with Crippen molar-refractivity contribution in [3.63, 3.8) is 0 Å². The highest BCUT2D eigenvalue weighted by Crippen LogP contribution is 2.17. The monoisotopic (exact) mass is 250 g/mol. The van der Waals surface area contributed by atoms with Gasteiger partial charge in [0.25, 0.3) is 0 Å². The van der Waals surface area contributed by atoms with Crippen LogP contribution in [0.2, 0.25) is 4.34 Å². The summed E-state index contributed by atoms with van der Waals surface area (Å²) in [6.07, 6.45) is 6.37. The van der Waals surface area contributed by atoms with Crippen LogP contribution in [-0.4, -0.2) is 23.5 Å². The van der Waals surface area contributed by atoms with Gasteiger partial charge in [0.2, 0.25) is 0 Å². The summed E-state index contributed by atoms with van der Waals surface area (Å²) in [7, 11) is 0. The summed E-state index contributed by atoms with van der Waals surface area (Å²) in [6, 6.07) is 0. The second-order valence-corrected chi connectivity index (χ2v) is 5.67. The minimum Gasteiger partial charge on any atom is -0.310 e. The van der Waals surface area contributed by atoms with Gasteiger partial charge in [-0.1, -0.05) is 11.6 Å². The number of nitrogens with one attached hydrogen (secondary N) is 1. The van der Waals surface area contributed by atoms with E-state index >= 15 is 0 Å². The third-order valence-electron chi connectivity index (χ3n) is 1.75. The number of hydrogen-bond donors (Lipinski definition) is 1. The number of unbranched alkanes of at least 4 members (excludes halogenated alkanes) is 1. The highest BCUT2D eigenvalue weighted by atomic mass is 35.5. The first-order chi connectivity index (χ1) is 6.83. The number of rotatable bonds is 7. The van der Waals surface area contributed by atoms with E-state index in [2.05, 4.69) is 16.6 Å². The maximum Gasteiger partial charge on any atom is 0.113 e. The molecule has 14 heavy (non-hydrogen) atoms. The number of aromatic nitrogens is 1. The van der Waals surface area contributed by atoms with Gasteiger partial charge in [-0.05, 0) is 31.4 Å². The van der Waals surface area contributed by atoms with Crippen molar-refractivity contribution < 1.29 is 0 Å². The molecule has 0 aliphatic carbocycles. The lowest BCUT2D eigenvalue weighted by Gasteiger charge is -2.01. The molecule has 0 unspecified atom stereocenters. The zero-order valence-corrected chi connectivity index (χ0v) is 10.6. The van der Waals surface area contributed by atoms with E-state index in [0.717, 1.165) is 22.4 Å². The molecule has 0 fully saturated rings. The highest BCUT2D eigenvalue weighted by molar-refractivity contribution is 7.98. The molecule has 0 bridgehead atoms. The van der Waals surface area contributed by atoms with Crippen molar-refractivity contribution in [2.45, 2.75) is 19.4 Å². The zero-order chi connectivity index (χ0) is 10.2. The fraction of sp³-hybridized carbons (Fsp3) is 0.667. The molecular weight excluding hydrogens is 236 g/mol. The maximum atomic E-state index is 5.77. The van der Waals surface area contributed by atoms with E-state index in [1.165, 1.54) is 18.6 Å². The molecule has 1 aromatic rings. The Labute approximate surface area is 98.5 Å². The summed E-state index contributed by atoms with van der Waals surface area (Å²) >= 11 is 9.21. The van der Waals surface area contributed by atoms with Gasteiger partial charge < -0.3 is 5.32 Å². The molecule has 0 saturated heterocycles. The first-order valence-electron chi connectivity index (χ1n) is 4.63. The van der Waals surface area contributed by atoms with Gasteiger partial charge in [-0.3, -0.25) is 0 Å². The largest absolute Gasteiger partial charge is 0.310 e. The lowest BCUT2D eigenvalue weighted by molar-refractivity contribution is 0.642. The number of thiazole rings is 1. The van der Waals surface area contributed by atoms with Crippen LogP contribution in [0.15, 0.2) is 6.20 Å². The van der Waals surface area contributed by atoms with E-state index in [1.807, 2.05) is 11.8 Å². The average Bonchev–Trinajstić information content (AvgIpc) is 2.58. The molecule has 80 valence electrons. The first kappa shape index (κ1) is 12.3. The molecule has 0 atom stereocenters. The van der Waals surface area contributed by atoms with Gasteiger partial charge in [-0.2, -0.15) is 11.8 Å². The second kappa shape index (κ2) is 7.51. The molecule has 0 amide bonds. The Bertz CT molecular complexity index is 253. The molecule has 5 heteroatoms. The Morgan fingerprint density at radius 1 is 1.57 bits per heavy atom.